The Kier molecular flexibility index (Phi) is 5.58. The fourth-order valence-electron chi connectivity index (χ4n) is 5.16. The van der Waals surface area contributed by atoms with E-state index in [-0.39, 0.29) is 11.5 Å². The molecule has 0 N–H and O–H groups in total. The van der Waals surface area contributed by atoms with Gasteiger partial charge in [-0.05, 0) is 61.8 Å². The minimum absolute atomic E-state index is 0.0590. The lowest BCUT2D eigenvalue weighted by molar-refractivity contribution is 0.0150. The van der Waals surface area contributed by atoms with Gasteiger partial charge in [0, 0.05) is 30.1 Å². The summed E-state index contributed by atoms with van der Waals surface area (Å²) in [5.74, 6) is 1.31. The molecule has 0 amide bonds. The Morgan fingerprint density at radius 2 is 2.15 bits per heavy atom. The maximum atomic E-state index is 11.6. The molecule has 1 aromatic carbocycles. The van der Waals surface area contributed by atoms with Gasteiger partial charge in [-0.1, -0.05) is 30.7 Å². The van der Waals surface area contributed by atoms with Gasteiger partial charge in [0.1, 0.15) is 0 Å². The van der Waals surface area contributed by atoms with Gasteiger partial charge in [-0.3, -0.25) is 0 Å². The highest BCUT2D eigenvalue weighted by atomic mass is 35.5. The molecule has 3 saturated heterocycles. The minimum atomic E-state index is -2.74. The number of ether oxygens (including phenoxy) is 1. The standard InChI is InChI=1S/C21H30ClNO3S/c1-16(12-23-8-7-21(13-23)14-27(24,25)15-21)10-17-5-6-18(19(22)11-17)20-4-2-3-9-26-20/h5-6,11,16,20H,2-4,7-10,12-15H2,1H3/t16-,20-/m0/s1. The van der Waals surface area contributed by atoms with E-state index < -0.39 is 9.84 Å². The van der Waals surface area contributed by atoms with Crippen LogP contribution in [-0.4, -0.2) is 51.1 Å². The van der Waals surface area contributed by atoms with Crippen LogP contribution in [0.3, 0.4) is 0 Å². The molecule has 2 atom stereocenters. The molecular formula is C21H30ClNO3S. The van der Waals surface area contributed by atoms with Crippen LogP contribution in [0.15, 0.2) is 18.2 Å². The second-order valence-electron chi connectivity index (χ2n) is 9.04. The maximum absolute atomic E-state index is 11.6. The second kappa shape index (κ2) is 7.66. The van der Waals surface area contributed by atoms with Crippen LogP contribution in [0.2, 0.25) is 5.02 Å². The summed E-state index contributed by atoms with van der Waals surface area (Å²) in [6.07, 6.45) is 5.58. The monoisotopic (exact) mass is 411 g/mol. The molecule has 3 heterocycles. The predicted octanol–water partition coefficient (Wildman–Crippen LogP) is 3.88. The van der Waals surface area contributed by atoms with Crippen LogP contribution in [-0.2, 0) is 21.0 Å². The zero-order valence-electron chi connectivity index (χ0n) is 16.1. The van der Waals surface area contributed by atoms with E-state index in [4.69, 9.17) is 16.3 Å². The molecule has 3 aliphatic heterocycles. The van der Waals surface area contributed by atoms with Crippen molar-refractivity contribution in [1.29, 1.82) is 0 Å². The minimum Gasteiger partial charge on any atom is -0.373 e. The van der Waals surface area contributed by atoms with Crippen LogP contribution < -0.4 is 0 Å². The van der Waals surface area contributed by atoms with E-state index in [1.807, 2.05) is 0 Å². The van der Waals surface area contributed by atoms with Gasteiger partial charge in [-0.2, -0.15) is 0 Å². The molecule has 1 spiro atoms. The van der Waals surface area contributed by atoms with Crippen LogP contribution in [0.1, 0.15) is 49.8 Å². The van der Waals surface area contributed by atoms with Crippen LogP contribution >= 0.6 is 11.6 Å². The van der Waals surface area contributed by atoms with Crippen LogP contribution in [0.4, 0.5) is 0 Å². The highest BCUT2D eigenvalue weighted by Crippen LogP contribution is 2.41. The van der Waals surface area contributed by atoms with Gasteiger partial charge >= 0.3 is 0 Å². The Hall–Kier alpha value is -0.620. The Morgan fingerprint density at radius 3 is 2.81 bits per heavy atom. The van der Waals surface area contributed by atoms with Gasteiger partial charge in [0.25, 0.3) is 0 Å². The van der Waals surface area contributed by atoms with E-state index in [0.717, 1.165) is 62.5 Å². The van der Waals surface area contributed by atoms with Crippen molar-refractivity contribution in [2.45, 2.75) is 45.1 Å². The van der Waals surface area contributed by atoms with Gasteiger partial charge in [0.05, 0.1) is 17.6 Å². The summed E-state index contributed by atoms with van der Waals surface area (Å²) in [4.78, 5) is 2.45. The summed E-state index contributed by atoms with van der Waals surface area (Å²) in [5, 5.41) is 0.825. The normalized spacial score (nSPS) is 28.1. The molecule has 0 radical (unpaired) electrons. The first-order valence-electron chi connectivity index (χ1n) is 10.2. The lowest BCUT2D eigenvalue weighted by Gasteiger charge is -2.37. The topological polar surface area (TPSA) is 46.6 Å². The second-order valence-corrected chi connectivity index (χ2v) is 11.5. The van der Waals surface area contributed by atoms with E-state index in [1.54, 1.807) is 0 Å². The lowest BCUT2D eigenvalue weighted by Crippen LogP contribution is -2.50. The number of nitrogens with zero attached hydrogens (tertiary/aromatic N) is 1. The molecule has 0 aromatic heterocycles. The van der Waals surface area contributed by atoms with E-state index in [0.29, 0.717) is 17.4 Å². The van der Waals surface area contributed by atoms with Crippen LogP contribution in [0.25, 0.3) is 0 Å². The van der Waals surface area contributed by atoms with Crippen molar-refractivity contribution >= 4 is 21.4 Å². The Balaban J connectivity index is 1.31. The quantitative estimate of drug-likeness (QED) is 0.737. The number of benzene rings is 1. The molecule has 150 valence electrons. The molecule has 6 heteroatoms. The molecular weight excluding hydrogens is 382 g/mol. The highest BCUT2D eigenvalue weighted by Gasteiger charge is 2.51. The van der Waals surface area contributed by atoms with E-state index >= 15 is 0 Å². The molecule has 3 fully saturated rings. The van der Waals surface area contributed by atoms with Crippen LogP contribution in [0, 0.1) is 11.3 Å². The van der Waals surface area contributed by atoms with E-state index in [2.05, 4.69) is 30.0 Å². The molecule has 4 rings (SSSR count). The van der Waals surface area contributed by atoms with Gasteiger partial charge in [-0.15, -0.1) is 0 Å². The molecule has 1 aromatic rings. The summed E-state index contributed by atoms with van der Waals surface area (Å²) >= 11 is 6.56. The summed E-state index contributed by atoms with van der Waals surface area (Å²) in [5.41, 5.74) is 2.45. The van der Waals surface area contributed by atoms with Gasteiger partial charge in [0.2, 0.25) is 0 Å². The summed E-state index contributed by atoms with van der Waals surface area (Å²) in [6.45, 7) is 6.09. The van der Waals surface area contributed by atoms with E-state index in [1.165, 1.54) is 12.0 Å². The van der Waals surface area contributed by atoms with Crippen molar-refractivity contribution < 1.29 is 13.2 Å². The Bertz CT molecular complexity index is 777. The zero-order chi connectivity index (χ0) is 19.1. The van der Waals surface area contributed by atoms with Crippen molar-refractivity contribution in [3.8, 4) is 0 Å². The van der Waals surface area contributed by atoms with Gasteiger partial charge in [0.15, 0.2) is 9.84 Å². The van der Waals surface area contributed by atoms with Gasteiger partial charge in [-0.25, -0.2) is 8.42 Å². The first-order chi connectivity index (χ1) is 12.8. The van der Waals surface area contributed by atoms with Crippen molar-refractivity contribution in [1.82, 2.24) is 4.90 Å². The van der Waals surface area contributed by atoms with Crippen LogP contribution in [0.5, 0.6) is 0 Å². The molecule has 0 aliphatic carbocycles. The van der Waals surface area contributed by atoms with Crippen molar-refractivity contribution in [2.75, 3.05) is 37.7 Å². The number of hydrogen-bond acceptors (Lipinski definition) is 4. The molecule has 3 aliphatic rings. The molecule has 27 heavy (non-hydrogen) atoms. The fraction of sp³-hybridized carbons (Fsp3) is 0.714. The third-order valence-corrected chi connectivity index (χ3v) is 8.75. The zero-order valence-corrected chi connectivity index (χ0v) is 17.7. The number of hydrogen-bond donors (Lipinski definition) is 0. The Labute approximate surface area is 168 Å². The maximum Gasteiger partial charge on any atom is 0.151 e. The molecule has 0 unspecified atom stereocenters. The van der Waals surface area contributed by atoms with Gasteiger partial charge < -0.3 is 9.64 Å². The third-order valence-electron chi connectivity index (χ3n) is 6.32. The predicted molar refractivity (Wildman–Crippen MR) is 109 cm³/mol. The molecule has 0 saturated carbocycles. The number of likely N-dealkylation sites (tertiary alicyclic amines) is 1. The number of rotatable bonds is 5. The third kappa shape index (κ3) is 4.52. The lowest BCUT2D eigenvalue weighted by atomic mass is 9.91. The average molecular weight is 412 g/mol. The van der Waals surface area contributed by atoms with Crippen molar-refractivity contribution in [3.05, 3.63) is 34.3 Å². The van der Waals surface area contributed by atoms with E-state index in [9.17, 15) is 8.42 Å². The summed E-state index contributed by atoms with van der Waals surface area (Å²) < 4.78 is 29.0. The molecule has 4 nitrogen and oxygen atoms in total. The first kappa shape index (κ1) is 19.7. The number of halogens is 1. The summed E-state index contributed by atoms with van der Waals surface area (Å²) in [7, 11) is -2.74. The summed E-state index contributed by atoms with van der Waals surface area (Å²) in [6, 6.07) is 6.44. The smallest absolute Gasteiger partial charge is 0.151 e. The van der Waals surface area contributed by atoms with Crippen molar-refractivity contribution in [3.63, 3.8) is 0 Å². The Morgan fingerprint density at radius 1 is 1.33 bits per heavy atom. The fourth-order valence-corrected chi connectivity index (χ4v) is 7.74. The van der Waals surface area contributed by atoms with Crippen molar-refractivity contribution in [2.24, 2.45) is 11.3 Å². The average Bonchev–Trinajstić information content (AvgIpc) is 2.97. The SMILES string of the molecule is C[C@@H](Cc1ccc([C@@H]2CCCCO2)c(Cl)c1)CN1CCC2(C1)CS(=O)(=O)C2. The first-order valence-corrected chi connectivity index (χ1v) is 12.4. The largest absolute Gasteiger partial charge is 0.373 e. The molecule has 0 bridgehead atoms. The number of sulfone groups is 1. The highest BCUT2D eigenvalue weighted by molar-refractivity contribution is 7.92.